The summed E-state index contributed by atoms with van der Waals surface area (Å²) in [6, 6.07) is 14.4. The fourth-order valence-corrected chi connectivity index (χ4v) is 3.27. The van der Waals surface area contributed by atoms with Crippen LogP contribution in [0.25, 0.3) is 10.6 Å². The maximum atomic E-state index is 12.5. The third-order valence-electron chi connectivity index (χ3n) is 3.73. The van der Waals surface area contributed by atoms with Crippen molar-refractivity contribution in [3.8, 4) is 22.1 Å². The molecular formula is C19H18ClN3O3S. The van der Waals surface area contributed by atoms with Crippen LogP contribution in [0.2, 0.25) is 5.02 Å². The first-order valence-corrected chi connectivity index (χ1v) is 9.49. The lowest BCUT2D eigenvalue weighted by atomic mass is 10.2. The van der Waals surface area contributed by atoms with Crippen LogP contribution in [0.15, 0.2) is 48.5 Å². The highest BCUT2D eigenvalue weighted by atomic mass is 35.5. The van der Waals surface area contributed by atoms with Gasteiger partial charge >= 0.3 is 0 Å². The highest BCUT2D eigenvalue weighted by molar-refractivity contribution is 7.18. The van der Waals surface area contributed by atoms with Crippen molar-refractivity contribution < 1.29 is 14.3 Å². The summed E-state index contributed by atoms with van der Waals surface area (Å²) < 4.78 is 10.9. The first-order valence-electron chi connectivity index (χ1n) is 8.30. The quantitative estimate of drug-likeness (QED) is 0.620. The van der Waals surface area contributed by atoms with Crippen molar-refractivity contribution in [1.29, 1.82) is 0 Å². The number of nitrogens with zero attached hydrogens (tertiary/aromatic N) is 2. The van der Waals surface area contributed by atoms with Gasteiger partial charge in [0.2, 0.25) is 5.13 Å². The van der Waals surface area contributed by atoms with Gasteiger partial charge in [-0.2, -0.15) is 0 Å². The summed E-state index contributed by atoms with van der Waals surface area (Å²) in [7, 11) is 1.61. The monoisotopic (exact) mass is 403 g/mol. The van der Waals surface area contributed by atoms with E-state index >= 15 is 0 Å². The SMILES string of the molecule is CCC(Oc1cccc(Cl)c1)C(=O)Nc1nnc(-c2ccc(OC)cc2)s1. The van der Waals surface area contributed by atoms with Gasteiger partial charge in [-0.25, -0.2) is 0 Å². The Morgan fingerprint density at radius 1 is 1.19 bits per heavy atom. The van der Waals surface area contributed by atoms with E-state index in [2.05, 4.69) is 15.5 Å². The van der Waals surface area contributed by atoms with Crippen LogP contribution in [-0.2, 0) is 4.79 Å². The normalized spacial score (nSPS) is 11.7. The number of halogens is 1. The molecule has 1 unspecified atom stereocenters. The van der Waals surface area contributed by atoms with Crippen molar-refractivity contribution in [2.45, 2.75) is 19.4 Å². The van der Waals surface area contributed by atoms with E-state index in [4.69, 9.17) is 21.1 Å². The summed E-state index contributed by atoms with van der Waals surface area (Å²) in [4.78, 5) is 12.5. The van der Waals surface area contributed by atoms with Crippen LogP contribution < -0.4 is 14.8 Å². The number of hydrogen-bond donors (Lipinski definition) is 1. The number of carbonyl (C=O) groups excluding carboxylic acids is 1. The van der Waals surface area contributed by atoms with Gasteiger partial charge in [0.15, 0.2) is 6.10 Å². The molecule has 0 fully saturated rings. The molecule has 0 bridgehead atoms. The number of amides is 1. The maximum Gasteiger partial charge on any atom is 0.267 e. The van der Waals surface area contributed by atoms with Crippen LogP contribution in [-0.4, -0.2) is 29.3 Å². The zero-order valence-electron chi connectivity index (χ0n) is 14.8. The van der Waals surface area contributed by atoms with Crippen LogP contribution in [0, 0.1) is 0 Å². The molecular weight excluding hydrogens is 386 g/mol. The molecule has 0 radical (unpaired) electrons. The van der Waals surface area contributed by atoms with Crippen LogP contribution in [0.4, 0.5) is 5.13 Å². The number of ether oxygens (including phenoxy) is 2. The predicted molar refractivity (Wildman–Crippen MR) is 107 cm³/mol. The zero-order valence-corrected chi connectivity index (χ0v) is 16.4. The Hall–Kier alpha value is -2.64. The zero-order chi connectivity index (χ0) is 19.2. The average Bonchev–Trinajstić information content (AvgIpc) is 3.14. The molecule has 0 saturated carbocycles. The Bertz CT molecular complexity index is 915. The van der Waals surface area contributed by atoms with Crippen molar-refractivity contribution in [2.75, 3.05) is 12.4 Å². The Morgan fingerprint density at radius 2 is 1.96 bits per heavy atom. The van der Waals surface area contributed by atoms with E-state index < -0.39 is 6.10 Å². The third kappa shape index (κ3) is 4.96. The van der Waals surface area contributed by atoms with Crippen molar-refractivity contribution in [3.63, 3.8) is 0 Å². The number of rotatable bonds is 7. The van der Waals surface area contributed by atoms with E-state index in [0.717, 1.165) is 11.3 Å². The van der Waals surface area contributed by atoms with Gasteiger partial charge in [0.25, 0.3) is 5.91 Å². The molecule has 6 nitrogen and oxygen atoms in total. The van der Waals surface area contributed by atoms with Gasteiger partial charge in [0.05, 0.1) is 7.11 Å². The van der Waals surface area contributed by atoms with E-state index in [-0.39, 0.29) is 5.91 Å². The standard InChI is InChI=1S/C19H18ClN3O3S/c1-3-16(26-15-6-4-5-13(20)11-15)17(24)21-19-23-22-18(27-19)12-7-9-14(25-2)10-8-12/h4-11,16H,3H2,1-2H3,(H,21,23,24). The molecule has 27 heavy (non-hydrogen) atoms. The molecule has 8 heteroatoms. The van der Waals surface area contributed by atoms with Crippen molar-refractivity contribution in [3.05, 3.63) is 53.6 Å². The molecule has 0 spiro atoms. The molecule has 1 N–H and O–H groups in total. The Balaban J connectivity index is 1.66. The molecule has 0 aliphatic carbocycles. The second-order valence-corrected chi connectivity index (χ2v) is 7.02. The lowest BCUT2D eigenvalue weighted by molar-refractivity contribution is -0.122. The minimum atomic E-state index is -0.656. The molecule has 3 rings (SSSR count). The van der Waals surface area contributed by atoms with E-state index in [0.29, 0.717) is 27.3 Å². The minimum absolute atomic E-state index is 0.282. The first-order chi connectivity index (χ1) is 13.1. The van der Waals surface area contributed by atoms with E-state index in [9.17, 15) is 4.79 Å². The molecule has 2 aromatic carbocycles. The van der Waals surface area contributed by atoms with E-state index in [1.807, 2.05) is 31.2 Å². The lowest BCUT2D eigenvalue weighted by Gasteiger charge is -2.16. The highest BCUT2D eigenvalue weighted by Crippen LogP contribution is 2.28. The largest absolute Gasteiger partial charge is 0.497 e. The molecule has 1 aromatic heterocycles. The number of anilines is 1. The van der Waals surface area contributed by atoms with Crippen LogP contribution in [0.3, 0.4) is 0 Å². The van der Waals surface area contributed by atoms with Crippen molar-refractivity contribution in [1.82, 2.24) is 10.2 Å². The molecule has 3 aromatic rings. The number of aromatic nitrogens is 2. The molecule has 1 heterocycles. The maximum absolute atomic E-state index is 12.5. The van der Waals surface area contributed by atoms with Gasteiger partial charge in [0.1, 0.15) is 16.5 Å². The Labute approximate surface area is 166 Å². The highest BCUT2D eigenvalue weighted by Gasteiger charge is 2.20. The molecule has 1 atom stereocenters. The molecule has 1 amide bonds. The van der Waals surface area contributed by atoms with Gasteiger partial charge in [-0.15, -0.1) is 10.2 Å². The van der Waals surface area contributed by atoms with Crippen LogP contribution in [0.1, 0.15) is 13.3 Å². The van der Waals surface area contributed by atoms with Crippen LogP contribution in [0.5, 0.6) is 11.5 Å². The van der Waals surface area contributed by atoms with Gasteiger partial charge < -0.3 is 9.47 Å². The van der Waals surface area contributed by atoms with Crippen molar-refractivity contribution in [2.24, 2.45) is 0 Å². The Morgan fingerprint density at radius 3 is 2.63 bits per heavy atom. The summed E-state index contributed by atoms with van der Waals surface area (Å²) >= 11 is 7.25. The number of nitrogens with one attached hydrogen (secondary N) is 1. The number of benzene rings is 2. The molecule has 140 valence electrons. The second-order valence-electron chi connectivity index (χ2n) is 5.60. The Kier molecular flexibility index (Phi) is 6.26. The average molecular weight is 404 g/mol. The minimum Gasteiger partial charge on any atom is -0.497 e. The van der Waals surface area contributed by atoms with Gasteiger partial charge in [-0.3, -0.25) is 10.1 Å². The van der Waals surface area contributed by atoms with Gasteiger partial charge in [0, 0.05) is 10.6 Å². The smallest absolute Gasteiger partial charge is 0.267 e. The van der Waals surface area contributed by atoms with Gasteiger partial charge in [-0.05, 0) is 48.9 Å². The summed E-state index contributed by atoms with van der Waals surface area (Å²) in [5, 5.41) is 12.6. The number of methoxy groups -OCH3 is 1. The summed E-state index contributed by atoms with van der Waals surface area (Å²) in [5.41, 5.74) is 0.899. The van der Waals surface area contributed by atoms with Crippen molar-refractivity contribution >= 4 is 34.0 Å². The van der Waals surface area contributed by atoms with Gasteiger partial charge in [-0.1, -0.05) is 35.9 Å². The summed E-state index contributed by atoms with van der Waals surface area (Å²) in [6.45, 7) is 1.87. The summed E-state index contributed by atoms with van der Waals surface area (Å²) in [6.07, 6.45) is -0.153. The number of carbonyl (C=O) groups is 1. The topological polar surface area (TPSA) is 73.3 Å². The molecule has 0 aliphatic rings. The van der Waals surface area contributed by atoms with E-state index in [1.165, 1.54) is 11.3 Å². The lowest BCUT2D eigenvalue weighted by Crippen LogP contribution is -2.32. The summed E-state index contributed by atoms with van der Waals surface area (Å²) in [5.74, 6) is 1.02. The predicted octanol–water partition coefficient (Wildman–Crippen LogP) is 4.66. The third-order valence-corrected chi connectivity index (χ3v) is 4.85. The fourth-order valence-electron chi connectivity index (χ4n) is 2.34. The fraction of sp³-hybridized carbons (Fsp3) is 0.211. The van der Waals surface area contributed by atoms with Crippen LogP contribution >= 0.6 is 22.9 Å². The molecule has 0 saturated heterocycles. The van der Waals surface area contributed by atoms with E-state index in [1.54, 1.807) is 31.4 Å². The second kappa shape index (κ2) is 8.83. The number of hydrogen-bond acceptors (Lipinski definition) is 6. The molecule has 0 aliphatic heterocycles. The first kappa shape index (κ1) is 19.1.